The molecule has 1 amide bonds. The zero-order valence-corrected chi connectivity index (χ0v) is 21.2. The number of rotatable bonds is 6. The molecule has 1 aliphatic rings. The van der Waals surface area contributed by atoms with Crippen LogP contribution in [0.3, 0.4) is 0 Å². The van der Waals surface area contributed by atoms with Gasteiger partial charge in [-0.2, -0.15) is 8.42 Å². The van der Waals surface area contributed by atoms with Gasteiger partial charge >= 0.3 is 10.1 Å². The number of thioether (sulfide) groups is 1. The summed E-state index contributed by atoms with van der Waals surface area (Å²) in [6.45, 7) is 1.86. The van der Waals surface area contributed by atoms with Crippen molar-refractivity contribution in [3.8, 4) is 11.5 Å². The molecule has 0 spiro atoms. The fourth-order valence-corrected chi connectivity index (χ4v) is 5.51. The van der Waals surface area contributed by atoms with Gasteiger partial charge < -0.3 is 8.92 Å². The van der Waals surface area contributed by atoms with Gasteiger partial charge in [0.1, 0.15) is 4.90 Å². The Hall–Kier alpha value is -2.85. The van der Waals surface area contributed by atoms with Crippen molar-refractivity contribution in [2.24, 2.45) is 0 Å². The van der Waals surface area contributed by atoms with Gasteiger partial charge in [0.25, 0.3) is 5.91 Å². The number of thiocarbonyl (C=S) groups is 1. The average Bonchev–Trinajstić information content (AvgIpc) is 3.08. The number of anilines is 1. The van der Waals surface area contributed by atoms with Crippen molar-refractivity contribution in [1.82, 2.24) is 0 Å². The first-order valence-electron chi connectivity index (χ1n) is 9.91. The standard InChI is InChI=1S/C24H18ClNO5S3/c1-15-3-10-19(11-4-15)34(28,29)31-20-12-5-16(13-21(20)30-2)14-22-23(27)26(24(32)33-22)18-8-6-17(25)7-9-18/h3-14H,1-2H3. The zero-order valence-electron chi connectivity index (χ0n) is 18.0. The first-order valence-corrected chi connectivity index (χ1v) is 12.9. The number of benzene rings is 3. The van der Waals surface area contributed by atoms with E-state index in [-0.39, 0.29) is 22.3 Å². The van der Waals surface area contributed by atoms with E-state index < -0.39 is 10.1 Å². The Morgan fingerprint density at radius 3 is 2.32 bits per heavy atom. The van der Waals surface area contributed by atoms with Crippen LogP contribution < -0.4 is 13.8 Å². The summed E-state index contributed by atoms with van der Waals surface area (Å²) >= 11 is 12.5. The van der Waals surface area contributed by atoms with Crippen molar-refractivity contribution < 1.29 is 22.1 Å². The molecular weight excluding hydrogens is 514 g/mol. The summed E-state index contributed by atoms with van der Waals surface area (Å²) in [5.74, 6) is -0.0230. The van der Waals surface area contributed by atoms with Crippen LogP contribution in [0.1, 0.15) is 11.1 Å². The van der Waals surface area contributed by atoms with Crippen LogP contribution in [0.25, 0.3) is 6.08 Å². The highest BCUT2D eigenvalue weighted by atomic mass is 35.5. The van der Waals surface area contributed by atoms with Gasteiger partial charge in [-0.1, -0.05) is 59.3 Å². The molecule has 4 rings (SSSR count). The molecule has 1 aliphatic heterocycles. The van der Waals surface area contributed by atoms with E-state index in [1.165, 1.54) is 42.0 Å². The molecule has 3 aromatic carbocycles. The molecular formula is C24H18ClNO5S3. The van der Waals surface area contributed by atoms with Crippen LogP contribution in [-0.4, -0.2) is 25.8 Å². The summed E-state index contributed by atoms with van der Waals surface area (Å²) in [7, 11) is -2.63. The maximum absolute atomic E-state index is 13.0. The van der Waals surface area contributed by atoms with E-state index in [2.05, 4.69) is 0 Å². The van der Waals surface area contributed by atoms with Crippen LogP contribution in [0.4, 0.5) is 5.69 Å². The zero-order chi connectivity index (χ0) is 24.5. The first kappa shape index (κ1) is 24.3. The van der Waals surface area contributed by atoms with Crippen LogP contribution in [0.15, 0.2) is 76.5 Å². The molecule has 6 nitrogen and oxygen atoms in total. The Bertz CT molecular complexity index is 1400. The fraction of sp³-hybridized carbons (Fsp3) is 0.0833. The molecule has 0 bridgehead atoms. The van der Waals surface area contributed by atoms with E-state index in [0.29, 0.717) is 25.5 Å². The number of nitrogens with zero attached hydrogens (tertiary/aromatic N) is 1. The van der Waals surface area contributed by atoms with E-state index in [1.54, 1.807) is 54.6 Å². The fourth-order valence-electron chi connectivity index (χ4n) is 3.15. The van der Waals surface area contributed by atoms with Gasteiger partial charge in [0, 0.05) is 5.02 Å². The van der Waals surface area contributed by atoms with E-state index in [4.69, 9.17) is 32.7 Å². The lowest BCUT2D eigenvalue weighted by molar-refractivity contribution is -0.113. The van der Waals surface area contributed by atoms with Gasteiger partial charge in [-0.25, -0.2) is 0 Å². The van der Waals surface area contributed by atoms with Crippen molar-refractivity contribution in [1.29, 1.82) is 0 Å². The van der Waals surface area contributed by atoms with Gasteiger partial charge in [0.15, 0.2) is 15.8 Å². The molecule has 174 valence electrons. The van der Waals surface area contributed by atoms with Gasteiger partial charge in [-0.05, 0) is 67.1 Å². The number of carbonyl (C=O) groups excluding carboxylic acids is 1. The molecule has 0 atom stereocenters. The minimum absolute atomic E-state index is 0.0361. The lowest BCUT2D eigenvalue weighted by Gasteiger charge is -2.14. The number of amides is 1. The van der Waals surface area contributed by atoms with E-state index >= 15 is 0 Å². The highest BCUT2D eigenvalue weighted by Crippen LogP contribution is 2.38. The van der Waals surface area contributed by atoms with Crippen molar-refractivity contribution in [3.05, 3.63) is 87.8 Å². The van der Waals surface area contributed by atoms with E-state index in [9.17, 15) is 13.2 Å². The molecule has 0 radical (unpaired) electrons. The van der Waals surface area contributed by atoms with Crippen molar-refractivity contribution in [2.45, 2.75) is 11.8 Å². The highest BCUT2D eigenvalue weighted by Gasteiger charge is 2.33. The summed E-state index contributed by atoms with van der Waals surface area (Å²) in [5, 5.41) is 0.559. The highest BCUT2D eigenvalue weighted by molar-refractivity contribution is 8.27. The maximum atomic E-state index is 13.0. The summed E-state index contributed by atoms with van der Waals surface area (Å²) in [5.41, 5.74) is 2.17. The molecule has 1 saturated heterocycles. The van der Waals surface area contributed by atoms with Crippen molar-refractivity contribution in [2.75, 3.05) is 12.0 Å². The Kier molecular flexibility index (Phi) is 6.99. The quantitative estimate of drug-likeness (QED) is 0.225. The third-order valence-corrected chi connectivity index (χ3v) is 7.68. The smallest absolute Gasteiger partial charge is 0.339 e. The second-order valence-corrected chi connectivity index (χ2v) is 10.9. The van der Waals surface area contributed by atoms with E-state index in [1.807, 2.05) is 6.92 Å². The number of hydrogen-bond acceptors (Lipinski definition) is 7. The van der Waals surface area contributed by atoms with Crippen molar-refractivity contribution >= 4 is 67.7 Å². The normalized spacial score (nSPS) is 15.1. The second-order valence-electron chi connectivity index (χ2n) is 7.25. The number of halogens is 1. The molecule has 0 unspecified atom stereocenters. The van der Waals surface area contributed by atoms with Crippen LogP contribution in [0.2, 0.25) is 5.02 Å². The molecule has 3 aromatic rings. The van der Waals surface area contributed by atoms with Crippen LogP contribution in [0.5, 0.6) is 11.5 Å². The Morgan fingerprint density at radius 2 is 1.68 bits per heavy atom. The number of hydrogen-bond donors (Lipinski definition) is 0. The van der Waals surface area contributed by atoms with Crippen LogP contribution in [0, 0.1) is 6.92 Å². The number of aryl methyl sites for hydroxylation is 1. The molecule has 0 aliphatic carbocycles. The van der Waals surface area contributed by atoms with E-state index in [0.717, 1.165) is 5.56 Å². The molecule has 0 saturated carbocycles. The first-order chi connectivity index (χ1) is 16.2. The van der Waals surface area contributed by atoms with Crippen LogP contribution >= 0.6 is 35.6 Å². The molecule has 34 heavy (non-hydrogen) atoms. The molecule has 1 fully saturated rings. The third-order valence-electron chi connectivity index (χ3n) is 4.87. The Morgan fingerprint density at radius 1 is 1.00 bits per heavy atom. The summed E-state index contributed by atoms with van der Waals surface area (Å²) in [6.07, 6.45) is 1.66. The predicted octanol–water partition coefficient (Wildman–Crippen LogP) is 5.83. The second kappa shape index (κ2) is 9.79. The molecule has 10 heteroatoms. The lowest BCUT2D eigenvalue weighted by atomic mass is 10.2. The summed E-state index contributed by atoms with van der Waals surface area (Å²) in [4.78, 5) is 14.9. The van der Waals surface area contributed by atoms with Crippen LogP contribution in [-0.2, 0) is 14.9 Å². The number of carbonyl (C=O) groups is 1. The predicted molar refractivity (Wildman–Crippen MR) is 139 cm³/mol. The summed E-state index contributed by atoms with van der Waals surface area (Å²) < 4.78 is 36.4. The SMILES string of the molecule is COc1cc(C=C2SC(=S)N(c3ccc(Cl)cc3)C2=O)ccc1OS(=O)(=O)c1ccc(C)cc1. The largest absolute Gasteiger partial charge is 0.493 e. The summed E-state index contributed by atoms with van der Waals surface area (Å²) in [6, 6.07) is 17.9. The maximum Gasteiger partial charge on any atom is 0.339 e. The number of methoxy groups -OCH3 is 1. The lowest BCUT2D eigenvalue weighted by Crippen LogP contribution is -2.27. The minimum atomic E-state index is -4.04. The minimum Gasteiger partial charge on any atom is -0.493 e. The van der Waals surface area contributed by atoms with Crippen molar-refractivity contribution in [3.63, 3.8) is 0 Å². The average molecular weight is 532 g/mol. The van der Waals surface area contributed by atoms with Gasteiger partial charge in [-0.3, -0.25) is 9.69 Å². The Balaban J connectivity index is 1.59. The number of ether oxygens (including phenoxy) is 1. The molecule has 0 aromatic heterocycles. The van der Waals surface area contributed by atoms with Gasteiger partial charge in [0.2, 0.25) is 0 Å². The third kappa shape index (κ3) is 5.12. The topological polar surface area (TPSA) is 72.9 Å². The Labute approximate surface area is 212 Å². The molecule has 1 heterocycles. The van der Waals surface area contributed by atoms with Gasteiger partial charge in [-0.15, -0.1) is 0 Å². The molecule has 0 N–H and O–H groups in total. The monoisotopic (exact) mass is 531 g/mol. The van der Waals surface area contributed by atoms with Gasteiger partial charge in [0.05, 0.1) is 17.7 Å².